The van der Waals surface area contributed by atoms with Gasteiger partial charge in [-0.3, -0.25) is 19.8 Å². The summed E-state index contributed by atoms with van der Waals surface area (Å²) in [5.74, 6) is -3.59. The number of hydrogen-bond donors (Lipinski definition) is 3. The summed E-state index contributed by atoms with van der Waals surface area (Å²) in [5.41, 5.74) is -0.353. The Morgan fingerprint density at radius 2 is 1.87 bits per heavy atom. The van der Waals surface area contributed by atoms with Crippen LogP contribution in [0.15, 0.2) is 63.1 Å². The van der Waals surface area contributed by atoms with Gasteiger partial charge in [-0.15, -0.1) is 0 Å². The van der Waals surface area contributed by atoms with Crippen molar-refractivity contribution in [3.05, 3.63) is 70.9 Å². The zero-order valence-corrected chi connectivity index (χ0v) is 22.1. The molecule has 0 aromatic heterocycles. The number of anilines is 1. The summed E-state index contributed by atoms with van der Waals surface area (Å²) in [6, 6.07) is 8.14. The molecule has 9 nitrogen and oxygen atoms in total. The molecule has 3 N–H and O–H groups in total. The largest absolute Gasteiger partial charge is 0.381 e. The minimum absolute atomic E-state index is 0.0690. The molecule has 0 aliphatic carbocycles. The second-order valence-corrected chi connectivity index (χ2v) is 11.3. The second kappa shape index (κ2) is 11.3. The van der Waals surface area contributed by atoms with Crippen molar-refractivity contribution in [1.82, 2.24) is 10.6 Å². The molecule has 2 aromatic carbocycles. The number of aliphatic imine (C=N–C) groups is 2. The van der Waals surface area contributed by atoms with Crippen molar-refractivity contribution in [1.29, 1.82) is 0 Å². The molecule has 1 unspecified atom stereocenters. The molecule has 1 saturated heterocycles. The Morgan fingerprint density at radius 1 is 1.13 bits per heavy atom. The molecule has 206 valence electrons. The molecule has 2 aromatic rings. The fourth-order valence-electron chi connectivity index (χ4n) is 4.93. The SMILES string of the molecule is CCCc1ccc(S(=O)(=O)Nc2ccc(F)c(C(=O)C3=CNC4=NC=NC(NC5CCOCC5)[C@@H]34)c2F)cc1. The fourth-order valence-corrected chi connectivity index (χ4v) is 5.99. The number of ketones is 1. The number of hydrogen-bond acceptors (Lipinski definition) is 8. The number of halogens is 2. The third-order valence-corrected chi connectivity index (χ3v) is 8.35. The number of carbonyl (C=O) groups is 1. The molecule has 0 bridgehead atoms. The lowest BCUT2D eigenvalue weighted by atomic mass is 9.89. The molecule has 0 spiro atoms. The molecule has 0 radical (unpaired) electrons. The van der Waals surface area contributed by atoms with Gasteiger partial charge in [0.2, 0.25) is 0 Å². The molecule has 12 heteroatoms. The van der Waals surface area contributed by atoms with Crippen molar-refractivity contribution in [2.75, 3.05) is 17.9 Å². The lowest BCUT2D eigenvalue weighted by Gasteiger charge is -2.31. The molecule has 3 aliphatic rings. The Labute approximate surface area is 225 Å². The average molecular weight is 558 g/mol. The molecule has 39 heavy (non-hydrogen) atoms. The highest BCUT2D eigenvalue weighted by Crippen LogP contribution is 2.32. The minimum Gasteiger partial charge on any atom is -0.381 e. The van der Waals surface area contributed by atoms with Crippen molar-refractivity contribution in [2.45, 2.75) is 49.7 Å². The van der Waals surface area contributed by atoms with Crippen LogP contribution >= 0.6 is 0 Å². The van der Waals surface area contributed by atoms with E-state index >= 15 is 4.39 Å². The highest BCUT2D eigenvalue weighted by atomic mass is 32.2. The number of carbonyl (C=O) groups excluding carboxylic acids is 1. The Morgan fingerprint density at radius 3 is 2.59 bits per heavy atom. The van der Waals surface area contributed by atoms with E-state index in [2.05, 4.69) is 25.3 Å². The Bertz CT molecular complexity index is 1450. The first-order chi connectivity index (χ1) is 18.8. The smallest absolute Gasteiger partial charge is 0.261 e. The maximum absolute atomic E-state index is 15.6. The quantitative estimate of drug-likeness (QED) is 0.406. The van der Waals surface area contributed by atoms with Crippen molar-refractivity contribution < 1.29 is 26.7 Å². The van der Waals surface area contributed by atoms with Crippen LogP contribution in [0.2, 0.25) is 0 Å². The molecule has 3 heterocycles. The van der Waals surface area contributed by atoms with E-state index in [0.717, 1.165) is 43.4 Å². The van der Waals surface area contributed by atoms with E-state index < -0.39 is 50.8 Å². The van der Waals surface area contributed by atoms with Crippen LogP contribution in [-0.2, 0) is 21.2 Å². The van der Waals surface area contributed by atoms with E-state index in [1.165, 1.54) is 24.7 Å². The standard InChI is InChI=1S/C27H29F2N5O4S/c1-2-3-16-4-6-18(7-5-16)39(36,37)34-21-9-8-20(28)23(24(21)29)25(35)19-14-30-26-22(19)27(32-15-31-26)33-17-10-12-38-13-11-17/h4-9,14-15,17,22,27,33-34H,2-3,10-13H2,1H3,(H,30,31,32)/t22-,27?/m0/s1. The molecule has 2 atom stereocenters. The third kappa shape index (κ3) is 5.63. The minimum atomic E-state index is -4.20. The molecule has 3 aliphatic heterocycles. The first-order valence-corrected chi connectivity index (χ1v) is 14.3. The maximum atomic E-state index is 15.6. The maximum Gasteiger partial charge on any atom is 0.261 e. The van der Waals surface area contributed by atoms with E-state index in [0.29, 0.717) is 19.0 Å². The van der Waals surface area contributed by atoms with Gasteiger partial charge in [-0.2, -0.15) is 0 Å². The van der Waals surface area contributed by atoms with Gasteiger partial charge < -0.3 is 10.1 Å². The molecule has 5 rings (SSSR count). The zero-order chi connectivity index (χ0) is 27.6. The summed E-state index contributed by atoms with van der Waals surface area (Å²) in [4.78, 5) is 22.0. The van der Waals surface area contributed by atoms with Crippen LogP contribution in [0, 0.1) is 17.6 Å². The van der Waals surface area contributed by atoms with Crippen molar-refractivity contribution in [3.63, 3.8) is 0 Å². The van der Waals surface area contributed by atoms with E-state index in [-0.39, 0.29) is 16.5 Å². The topological polar surface area (TPSA) is 121 Å². The lowest BCUT2D eigenvalue weighted by molar-refractivity contribution is 0.0740. The van der Waals surface area contributed by atoms with Crippen LogP contribution in [0.25, 0.3) is 0 Å². The van der Waals surface area contributed by atoms with Gasteiger partial charge in [0.25, 0.3) is 10.0 Å². The molecule has 0 amide bonds. The fraction of sp³-hybridized carbons (Fsp3) is 0.370. The number of rotatable bonds is 9. The van der Waals surface area contributed by atoms with E-state index in [4.69, 9.17) is 4.74 Å². The number of ether oxygens (including phenoxy) is 1. The van der Waals surface area contributed by atoms with E-state index in [1.807, 2.05) is 6.92 Å². The van der Waals surface area contributed by atoms with Crippen LogP contribution in [0.1, 0.15) is 42.1 Å². The number of nitrogens with one attached hydrogen (secondary N) is 3. The van der Waals surface area contributed by atoms with Crippen LogP contribution in [0.4, 0.5) is 14.5 Å². The predicted octanol–water partition coefficient (Wildman–Crippen LogP) is 3.54. The van der Waals surface area contributed by atoms with Crippen molar-refractivity contribution in [3.8, 4) is 0 Å². The normalized spacial score (nSPS) is 21.1. The average Bonchev–Trinajstić information content (AvgIpc) is 3.37. The molecule has 1 fully saturated rings. The summed E-state index contributed by atoms with van der Waals surface area (Å²) >= 11 is 0. The first-order valence-electron chi connectivity index (χ1n) is 12.8. The first kappa shape index (κ1) is 27.1. The van der Waals surface area contributed by atoms with Gasteiger partial charge in [-0.05, 0) is 49.1 Å². The summed E-state index contributed by atoms with van der Waals surface area (Å²) in [6.45, 7) is 3.21. The van der Waals surface area contributed by atoms with Crippen molar-refractivity contribution in [2.24, 2.45) is 15.9 Å². The van der Waals surface area contributed by atoms with Crippen LogP contribution in [0.5, 0.6) is 0 Å². The molecule has 0 saturated carbocycles. The second-order valence-electron chi connectivity index (χ2n) is 9.61. The number of nitrogens with zero attached hydrogens (tertiary/aromatic N) is 2. The van der Waals surface area contributed by atoms with Gasteiger partial charge in [-0.1, -0.05) is 25.5 Å². The molecular formula is C27H29F2N5O4S. The van der Waals surface area contributed by atoms with Gasteiger partial charge in [0.15, 0.2) is 11.6 Å². The van der Waals surface area contributed by atoms with Crippen molar-refractivity contribution >= 4 is 33.7 Å². The summed E-state index contributed by atoms with van der Waals surface area (Å²) in [6.07, 6.45) is 5.39. The third-order valence-electron chi connectivity index (χ3n) is 6.97. The van der Waals surface area contributed by atoms with E-state index in [9.17, 15) is 17.6 Å². The van der Waals surface area contributed by atoms with Gasteiger partial charge in [0.05, 0.1) is 22.1 Å². The van der Waals surface area contributed by atoms with Gasteiger partial charge in [0, 0.05) is 31.0 Å². The number of sulfonamides is 1. The summed E-state index contributed by atoms with van der Waals surface area (Å²) in [7, 11) is -4.20. The Kier molecular flexibility index (Phi) is 7.87. The number of Topliss-reactive ketones (excluding diaryl/α,β-unsaturated/α-hetero) is 1. The highest BCUT2D eigenvalue weighted by molar-refractivity contribution is 7.92. The Balaban J connectivity index is 1.40. The number of fused-ring (bicyclic) bond motifs is 1. The van der Waals surface area contributed by atoms with E-state index in [1.54, 1.807) is 12.1 Å². The van der Waals surface area contributed by atoms with Gasteiger partial charge >= 0.3 is 0 Å². The van der Waals surface area contributed by atoms with Crippen LogP contribution in [-0.4, -0.2) is 51.8 Å². The van der Waals surface area contributed by atoms with Gasteiger partial charge in [0.1, 0.15) is 24.2 Å². The number of amidine groups is 1. The van der Waals surface area contributed by atoms with Crippen LogP contribution < -0.4 is 15.4 Å². The predicted molar refractivity (Wildman–Crippen MR) is 143 cm³/mol. The number of aryl methyl sites for hydroxylation is 1. The monoisotopic (exact) mass is 557 g/mol. The van der Waals surface area contributed by atoms with Gasteiger partial charge in [-0.25, -0.2) is 22.2 Å². The molecular weight excluding hydrogens is 528 g/mol. The highest BCUT2D eigenvalue weighted by Gasteiger charge is 2.41. The summed E-state index contributed by atoms with van der Waals surface area (Å²) in [5, 5.41) is 6.30. The lowest BCUT2D eigenvalue weighted by Crippen LogP contribution is -2.48. The summed E-state index contributed by atoms with van der Waals surface area (Å²) < 4.78 is 64.0. The van der Waals surface area contributed by atoms with Crippen LogP contribution in [0.3, 0.4) is 0 Å². The number of benzene rings is 2. The zero-order valence-electron chi connectivity index (χ0n) is 21.3. The Hall–Kier alpha value is -3.48.